The Hall–Kier alpha value is -2.47. The molecule has 178 valence electrons. The lowest BCUT2D eigenvalue weighted by molar-refractivity contribution is -0.115. The fourth-order valence-electron chi connectivity index (χ4n) is 3.13. The number of hydrogen-bond donors (Lipinski definition) is 2. The van der Waals surface area contributed by atoms with Crippen LogP contribution in [0.4, 0.5) is 15.8 Å². The highest BCUT2D eigenvalue weighted by molar-refractivity contribution is 8.01. The van der Waals surface area contributed by atoms with Gasteiger partial charge in [-0.3, -0.25) is 9.59 Å². The van der Waals surface area contributed by atoms with Crippen molar-refractivity contribution < 1.29 is 27.1 Å². The first-order valence-corrected chi connectivity index (χ1v) is 12.8. The number of carbonyl (C=O) groups is 2. The number of sulfonamides is 1. The first-order valence-electron chi connectivity index (χ1n) is 10.3. The van der Waals surface area contributed by atoms with Crippen LogP contribution in [0.3, 0.4) is 0 Å². The number of ether oxygens (including phenoxy) is 1. The zero-order valence-corrected chi connectivity index (χ0v) is 20.0. The molecule has 8 nitrogen and oxygen atoms in total. The maximum Gasteiger partial charge on any atom is 0.243 e. The summed E-state index contributed by atoms with van der Waals surface area (Å²) in [5, 5.41) is 4.79. The average molecular weight is 496 g/mol. The molecule has 2 amide bonds. The topological polar surface area (TPSA) is 105 Å². The molecule has 1 saturated heterocycles. The number of amides is 2. The van der Waals surface area contributed by atoms with Crippen molar-refractivity contribution >= 4 is 45.0 Å². The van der Waals surface area contributed by atoms with E-state index in [0.29, 0.717) is 30.2 Å². The van der Waals surface area contributed by atoms with Crippen molar-refractivity contribution in [3.8, 4) is 0 Å². The van der Waals surface area contributed by atoms with Crippen LogP contribution in [0.1, 0.15) is 12.5 Å². The Balaban J connectivity index is 1.58. The van der Waals surface area contributed by atoms with Gasteiger partial charge in [0.05, 0.1) is 29.1 Å². The van der Waals surface area contributed by atoms with Crippen LogP contribution in [0.15, 0.2) is 47.4 Å². The molecule has 1 aliphatic rings. The van der Waals surface area contributed by atoms with E-state index in [9.17, 15) is 22.4 Å². The van der Waals surface area contributed by atoms with Gasteiger partial charge >= 0.3 is 0 Å². The van der Waals surface area contributed by atoms with Gasteiger partial charge in [-0.2, -0.15) is 4.31 Å². The molecule has 0 aliphatic carbocycles. The maximum absolute atomic E-state index is 13.0. The Kier molecular flexibility index (Phi) is 8.46. The predicted octanol–water partition coefficient (Wildman–Crippen LogP) is 2.85. The lowest BCUT2D eigenvalue weighted by Gasteiger charge is -2.27. The van der Waals surface area contributed by atoms with Gasteiger partial charge in [0, 0.05) is 24.5 Å². The lowest BCUT2D eigenvalue weighted by atomic mass is 10.2. The number of nitrogens with zero attached hydrogens (tertiary/aromatic N) is 1. The molecule has 2 N–H and O–H groups in total. The summed E-state index contributed by atoms with van der Waals surface area (Å²) in [7, 11) is -3.70. The number of benzene rings is 2. The molecule has 0 spiro atoms. The van der Waals surface area contributed by atoms with Crippen LogP contribution >= 0.6 is 11.8 Å². The second kappa shape index (κ2) is 11.1. The van der Waals surface area contributed by atoms with Crippen LogP contribution in [-0.4, -0.2) is 61.8 Å². The molecule has 1 atom stereocenters. The van der Waals surface area contributed by atoms with E-state index in [1.54, 1.807) is 26.0 Å². The minimum absolute atomic E-state index is 0.0243. The van der Waals surface area contributed by atoms with Gasteiger partial charge in [-0.1, -0.05) is 6.07 Å². The number of nitrogens with one attached hydrogen (secondary N) is 2. The Labute approximate surface area is 196 Å². The van der Waals surface area contributed by atoms with E-state index in [2.05, 4.69) is 10.6 Å². The van der Waals surface area contributed by atoms with Crippen LogP contribution < -0.4 is 10.6 Å². The van der Waals surface area contributed by atoms with Crippen LogP contribution in [0.5, 0.6) is 0 Å². The van der Waals surface area contributed by atoms with Crippen molar-refractivity contribution in [3.63, 3.8) is 0 Å². The van der Waals surface area contributed by atoms with E-state index in [0.717, 1.165) is 11.8 Å². The van der Waals surface area contributed by atoms with Crippen molar-refractivity contribution in [2.75, 3.05) is 42.7 Å². The van der Waals surface area contributed by atoms with E-state index in [4.69, 9.17) is 4.74 Å². The van der Waals surface area contributed by atoms with Gasteiger partial charge in [-0.15, -0.1) is 11.8 Å². The molecule has 2 aromatic carbocycles. The number of morpholine rings is 1. The minimum Gasteiger partial charge on any atom is -0.379 e. The fourth-order valence-corrected chi connectivity index (χ4v) is 5.47. The minimum atomic E-state index is -3.70. The smallest absolute Gasteiger partial charge is 0.243 e. The van der Waals surface area contributed by atoms with Crippen LogP contribution in [0.2, 0.25) is 0 Å². The third kappa shape index (κ3) is 6.76. The lowest BCUT2D eigenvalue weighted by Crippen LogP contribution is -2.40. The van der Waals surface area contributed by atoms with Gasteiger partial charge in [-0.05, 0) is 55.8 Å². The summed E-state index contributed by atoms with van der Waals surface area (Å²) in [6.07, 6.45) is 0. The summed E-state index contributed by atoms with van der Waals surface area (Å²) in [5.74, 6) is -1.05. The number of thioether (sulfide) groups is 1. The van der Waals surface area contributed by atoms with Gasteiger partial charge in [0.15, 0.2) is 0 Å². The molecule has 11 heteroatoms. The first-order chi connectivity index (χ1) is 15.7. The first kappa shape index (κ1) is 25.2. The van der Waals surface area contributed by atoms with Crippen LogP contribution in [-0.2, 0) is 24.3 Å². The summed E-state index contributed by atoms with van der Waals surface area (Å²) in [6, 6.07) is 10.1. The average Bonchev–Trinajstić information content (AvgIpc) is 2.80. The molecule has 2 aromatic rings. The van der Waals surface area contributed by atoms with Crippen molar-refractivity contribution in [1.82, 2.24) is 4.31 Å². The number of rotatable bonds is 8. The predicted molar refractivity (Wildman–Crippen MR) is 126 cm³/mol. The quantitative estimate of drug-likeness (QED) is 0.584. The summed E-state index contributed by atoms with van der Waals surface area (Å²) in [5.41, 5.74) is 1.41. The molecule has 0 aromatic heterocycles. The second-order valence-corrected chi connectivity index (χ2v) is 10.7. The van der Waals surface area contributed by atoms with Gasteiger partial charge in [0.1, 0.15) is 5.82 Å². The monoisotopic (exact) mass is 495 g/mol. The number of aryl methyl sites for hydroxylation is 1. The molecule has 0 unspecified atom stereocenters. The van der Waals surface area contributed by atoms with Gasteiger partial charge in [0.2, 0.25) is 21.8 Å². The molecule has 0 radical (unpaired) electrons. The zero-order chi connectivity index (χ0) is 24.0. The molecular weight excluding hydrogens is 469 g/mol. The van der Waals surface area contributed by atoms with E-state index in [1.165, 1.54) is 34.6 Å². The van der Waals surface area contributed by atoms with Crippen LogP contribution in [0, 0.1) is 12.7 Å². The van der Waals surface area contributed by atoms with E-state index in [-0.39, 0.29) is 35.6 Å². The Morgan fingerprint density at radius 3 is 2.39 bits per heavy atom. The van der Waals surface area contributed by atoms with Gasteiger partial charge in [0.25, 0.3) is 0 Å². The Morgan fingerprint density at radius 1 is 1.09 bits per heavy atom. The van der Waals surface area contributed by atoms with Crippen molar-refractivity contribution in [2.45, 2.75) is 24.0 Å². The largest absolute Gasteiger partial charge is 0.379 e. The molecule has 0 bridgehead atoms. The van der Waals surface area contributed by atoms with E-state index >= 15 is 0 Å². The van der Waals surface area contributed by atoms with Crippen molar-refractivity contribution in [2.24, 2.45) is 0 Å². The summed E-state index contributed by atoms with van der Waals surface area (Å²) >= 11 is 1.13. The molecule has 0 saturated carbocycles. The summed E-state index contributed by atoms with van der Waals surface area (Å²) in [6.45, 7) is 4.62. The maximum atomic E-state index is 13.0. The van der Waals surface area contributed by atoms with Gasteiger partial charge < -0.3 is 15.4 Å². The second-order valence-electron chi connectivity index (χ2n) is 7.49. The Bertz CT molecular complexity index is 1100. The summed E-state index contributed by atoms with van der Waals surface area (Å²) in [4.78, 5) is 24.8. The highest BCUT2D eigenvalue weighted by Crippen LogP contribution is 2.25. The summed E-state index contributed by atoms with van der Waals surface area (Å²) < 4.78 is 45.6. The fraction of sp³-hybridized carbons (Fsp3) is 0.364. The number of anilines is 2. The highest BCUT2D eigenvalue weighted by atomic mass is 32.2. The van der Waals surface area contributed by atoms with Crippen LogP contribution in [0.25, 0.3) is 0 Å². The molecule has 3 rings (SSSR count). The van der Waals surface area contributed by atoms with Crippen molar-refractivity contribution in [1.29, 1.82) is 0 Å². The SMILES string of the molecule is Cc1ccc(NC(=O)[C@H](C)SCC(=O)Nc2ccc(F)cc2)cc1S(=O)(=O)N1CCOCC1. The van der Waals surface area contributed by atoms with E-state index < -0.39 is 21.1 Å². The third-order valence-electron chi connectivity index (χ3n) is 5.01. The molecular formula is C22H26FN3O5S2. The number of halogens is 1. The number of carbonyl (C=O) groups excluding carboxylic acids is 2. The van der Waals surface area contributed by atoms with Gasteiger partial charge in [-0.25, -0.2) is 12.8 Å². The van der Waals surface area contributed by atoms with Crippen molar-refractivity contribution in [3.05, 3.63) is 53.8 Å². The molecule has 1 aliphatic heterocycles. The molecule has 1 fully saturated rings. The molecule has 1 heterocycles. The third-order valence-corrected chi connectivity index (χ3v) is 8.19. The van der Waals surface area contributed by atoms with E-state index in [1.807, 2.05) is 0 Å². The number of hydrogen-bond acceptors (Lipinski definition) is 6. The zero-order valence-electron chi connectivity index (χ0n) is 18.3. The highest BCUT2D eigenvalue weighted by Gasteiger charge is 2.28. The normalized spacial score (nSPS) is 15.6. The standard InChI is InChI=1S/C22H26FN3O5S2/c1-15-3-6-19(13-20(15)33(29,30)26-9-11-31-12-10-26)25-22(28)16(2)32-14-21(27)24-18-7-4-17(23)5-8-18/h3-8,13,16H,9-12,14H2,1-2H3,(H,24,27)(H,25,28)/t16-/m0/s1. The Morgan fingerprint density at radius 2 is 1.73 bits per heavy atom. The molecule has 33 heavy (non-hydrogen) atoms.